The lowest BCUT2D eigenvalue weighted by molar-refractivity contribution is -0.125. The molecule has 1 fully saturated rings. The van der Waals surface area contributed by atoms with E-state index in [0.717, 1.165) is 63.3 Å². The number of hydrogen-bond acceptors (Lipinski definition) is 6. The van der Waals surface area contributed by atoms with Crippen LogP contribution in [0.2, 0.25) is 5.28 Å². The molecular weight excluding hydrogens is 366 g/mol. The van der Waals surface area contributed by atoms with Gasteiger partial charge in [-0.05, 0) is 50.5 Å². The first-order valence-electron chi connectivity index (χ1n) is 9.74. The molecule has 0 bridgehead atoms. The number of nitrogens with zero attached hydrogens (tertiary/aromatic N) is 5. The number of carbonyl (C=O) groups excluding carboxylic acids is 1. The van der Waals surface area contributed by atoms with Crippen LogP contribution in [0.4, 0.5) is 5.82 Å². The number of imidazole rings is 1. The highest BCUT2D eigenvalue weighted by molar-refractivity contribution is 6.28. The molecule has 0 aromatic carbocycles. The Kier molecular flexibility index (Phi) is 6.84. The predicted octanol–water partition coefficient (Wildman–Crippen LogP) is 2.07. The Balaban J connectivity index is 1.57. The summed E-state index contributed by atoms with van der Waals surface area (Å²) >= 11 is 6.05. The minimum atomic E-state index is -0.0427. The minimum Gasteiger partial charge on any atom is -0.356 e. The number of aromatic amines is 1. The van der Waals surface area contributed by atoms with Crippen molar-refractivity contribution in [2.75, 3.05) is 44.2 Å². The largest absolute Gasteiger partial charge is 0.356 e. The summed E-state index contributed by atoms with van der Waals surface area (Å²) in [6, 6.07) is 0. The zero-order chi connectivity index (χ0) is 19.2. The topological polar surface area (TPSA) is 90.0 Å². The Morgan fingerprint density at radius 3 is 3.00 bits per heavy atom. The summed E-state index contributed by atoms with van der Waals surface area (Å²) in [7, 11) is 0. The van der Waals surface area contributed by atoms with Gasteiger partial charge in [0.05, 0.1) is 12.2 Å². The Morgan fingerprint density at radius 2 is 2.22 bits per heavy atom. The second kappa shape index (κ2) is 9.32. The SMILES string of the molecule is CCN(CC)CCCNC(=O)C1CCCN(c2nc(Cl)nc3nc[nH]c23)C1. The molecule has 1 saturated heterocycles. The summed E-state index contributed by atoms with van der Waals surface area (Å²) in [5, 5.41) is 3.27. The van der Waals surface area contributed by atoms with Crippen LogP contribution in [0.15, 0.2) is 6.33 Å². The molecule has 1 amide bonds. The summed E-state index contributed by atoms with van der Waals surface area (Å²) in [6.07, 6.45) is 4.39. The van der Waals surface area contributed by atoms with Gasteiger partial charge in [0.25, 0.3) is 0 Å². The number of hydrogen-bond donors (Lipinski definition) is 2. The van der Waals surface area contributed by atoms with Gasteiger partial charge < -0.3 is 20.1 Å². The molecule has 3 heterocycles. The van der Waals surface area contributed by atoms with E-state index in [1.54, 1.807) is 6.33 Å². The third-order valence-electron chi connectivity index (χ3n) is 5.18. The van der Waals surface area contributed by atoms with Crippen LogP contribution >= 0.6 is 11.6 Å². The van der Waals surface area contributed by atoms with Crippen LogP contribution in [-0.2, 0) is 4.79 Å². The van der Waals surface area contributed by atoms with Gasteiger partial charge in [-0.1, -0.05) is 13.8 Å². The van der Waals surface area contributed by atoms with Crippen molar-refractivity contribution in [3.05, 3.63) is 11.6 Å². The first-order chi connectivity index (χ1) is 13.1. The number of anilines is 1. The Bertz CT molecular complexity index is 761. The van der Waals surface area contributed by atoms with Gasteiger partial charge in [-0.3, -0.25) is 4.79 Å². The molecule has 27 heavy (non-hydrogen) atoms. The van der Waals surface area contributed by atoms with E-state index in [1.165, 1.54) is 0 Å². The van der Waals surface area contributed by atoms with Crippen molar-refractivity contribution >= 4 is 34.5 Å². The number of rotatable bonds is 8. The number of fused-ring (bicyclic) bond motifs is 1. The van der Waals surface area contributed by atoms with E-state index in [2.05, 4.69) is 48.9 Å². The molecule has 1 unspecified atom stereocenters. The Labute approximate surface area is 164 Å². The normalized spacial score (nSPS) is 17.6. The van der Waals surface area contributed by atoms with E-state index in [1.807, 2.05) is 0 Å². The molecule has 0 radical (unpaired) electrons. The van der Waals surface area contributed by atoms with Gasteiger partial charge in [0, 0.05) is 19.6 Å². The first-order valence-corrected chi connectivity index (χ1v) is 10.1. The molecule has 1 atom stereocenters. The van der Waals surface area contributed by atoms with E-state index in [9.17, 15) is 4.79 Å². The second-order valence-electron chi connectivity index (χ2n) is 6.87. The van der Waals surface area contributed by atoms with Gasteiger partial charge in [0.1, 0.15) is 5.52 Å². The second-order valence-corrected chi connectivity index (χ2v) is 7.21. The smallest absolute Gasteiger partial charge is 0.226 e. The molecule has 3 rings (SSSR count). The van der Waals surface area contributed by atoms with Gasteiger partial charge in [-0.15, -0.1) is 0 Å². The summed E-state index contributed by atoms with van der Waals surface area (Å²) in [5.74, 6) is 0.806. The van der Waals surface area contributed by atoms with Crippen molar-refractivity contribution < 1.29 is 4.79 Å². The predicted molar refractivity (Wildman–Crippen MR) is 107 cm³/mol. The molecule has 2 aromatic heterocycles. The molecule has 1 aliphatic heterocycles. The third kappa shape index (κ3) is 4.87. The number of piperidine rings is 1. The van der Waals surface area contributed by atoms with E-state index in [0.29, 0.717) is 12.2 Å². The zero-order valence-electron chi connectivity index (χ0n) is 16.0. The Morgan fingerprint density at radius 1 is 1.41 bits per heavy atom. The van der Waals surface area contributed by atoms with Crippen LogP contribution in [0.1, 0.15) is 33.1 Å². The lowest BCUT2D eigenvalue weighted by Gasteiger charge is -2.33. The van der Waals surface area contributed by atoms with Crippen LogP contribution in [0.3, 0.4) is 0 Å². The molecule has 1 aliphatic rings. The molecule has 0 aliphatic carbocycles. The van der Waals surface area contributed by atoms with E-state index >= 15 is 0 Å². The molecule has 2 N–H and O–H groups in total. The fourth-order valence-corrected chi connectivity index (χ4v) is 3.76. The maximum Gasteiger partial charge on any atom is 0.226 e. The maximum atomic E-state index is 12.6. The monoisotopic (exact) mass is 393 g/mol. The van der Waals surface area contributed by atoms with Crippen LogP contribution in [0.5, 0.6) is 0 Å². The first kappa shape index (κ1) is 19.8. The van der Waals surface area contributed by atoms with Crippen molar-refractivity contribution in [2.24, 2.45) is 5.92 Å². The average molecular weight is 394 g/mol. The van der Waals surface area contributed by atoms with Crippen LogP contribution in [-0.4, -0.2) is 70.0 Å². The molecular formula is C18H28ClN7O. The molecule has 9 heteroatoms. The number of nitrogens with one attached hydrogen (secondary N) is 2. The van der Waals surface area contributed by atoms with Gasteiger partial charge in [-0.2, -0.15) is 9.97 Å². The highest BCUT2D eigenvalue weighted by atomic mass is 35.5. The molecule has 0 saturated carbocycles. The number of amides is 1. The standard InChI is InChI=1S/C18H28ClN7O/c1-3-25(4-2)9-6-8-20-17(27)13-7-5-10-26(11-13)16-14-15(22-12-21-14)23-18(19)24-16/h12-13H,3-11H2,1-2H3,(H,20,27)(H,21,22,23,24). The van der Waals surface area contributed by atoms with E-state index in [4.69, 9.17) is 11.6 Å². The minimum absolute atomic E-state index is 0.0427. The molecule has 8 nitrogen and oxygen atoms in total. The van der Waals surface area contributed by atoms with Crippen molar-refractivity contribution in [1.29, 1.82) is 0 Å². The van der Waals surface area contributed by atoms with Crippen molar-refractivity contribution in [3.63, 3.8) is 0 Å². The zero-order valence-corrected chi connectivity index (χ0v) is 16.8. The van der Waals surface area contributed by atoms with Crippen molar-refractivity contribution in [2.45, 2.75) is 33.1 Å². The van der Waals surface area contributed by atoms with Crippen LogP contribution in [0, 0.1) is 5.92 Å². The average Bonchev–Trinajstić information content (AvgIpc) is 3.15. The van der Waals surface area contributed by atoms with Gasteiger partial charge >= 0.3 is 0 Å². The summed E-state index contributed by atoms with van der Waals surface area (Å²) < 4.78 is 0. The summed E-state index contributed by atoms with van der Waals surface area (Å²) in [4.78, 5) is 32.8. The quantitative estimate of drug-likeness (QED) is 0.527. The lowest BCUT2D eigenvalue weighted by Crippen LogP contribution is -2.44. The van der Waals surface area contributed by atoms with E-state index < -0.39 is 0 Å². The number of halogens is 1. The fraction of sp³-hybridized carbons (Fsp3) is 0.667. The Hall–Kier alpha value is -1.93. The molecule has 148 valence electrons. The third-order valence-corrected chi connectivity index (χ3v) is 5.34. The fourth-order valence-electron chi connectivity index (χ4n) is 3.60. The van der Waals surface area contributed by atoms with Gasteiger partial charge in [0.2, 0.25) is 11.2 Å². The highest BCUT2D eigenvalue weighted by Gasteiger charge is 2.28. The maximum absolute atomic E-state index is 12.6. The molecule has 2 aromatic rings. The lowest BCUT2D eigenvalue weighted by atomic mass is 9.97. The van der Waals surface area contributed by atoms with Crippen molar-refractivity contribution in [3.8, 4) is 0 Å². The molecule has 0 spiro atoms. The highest BCUT2D eigenvalue weighted by Crippen LogP contribution is 2.27. The number of H-pyrrole nitrogens is 1. The summed E-state index contributed by atoms with van der Waals surface area (Å²) in [6.45, 7) is 9.62. The van der Waals surface area contributed by atoms with E-state index in [-0.39, 0.29) is 17.1 Å². The number of carbonyl (C=O) groups is 1. The van der Waals surface area contributed by atoms with Crippen LogP contribution < -0.4 is 10.2 Å². The van der Waals surface area contributed by atoms with Gasteiger partial charge in [-0.25, -0.2) is 4.98 Å². The van der Waals surface area contributed by atoms with Gasteiger partial charge in [0.15, 0.2) is 11.5 Å². The number of aromatic nitrogens is 4. The van der Waals surface area contributed by atoms with Crippen LogP contribution in [0.25, 0.3) is 11.2 Å². The summed E-state index contributed by atoms with van der Waals surface area (Å²) in [5.41, 5.74) is 1.31. The van der Waals surface area contributed by atoms with Crippen molar-refractivity contribution in [1.82, 2.24) is 30.2 Å².